The van der Waals surface area contributed by atoms with Crippen molar-refractivity contribution in [1.29, 1.82) is 0 Å². The summed E-state index contributed by atoms with van der Waals surface area (Å²) < 4.78 is 20.0. The van der Waals surface area contributed by atoms with Gasteiger partial charge in [0, 0.05) is 0 Å². The molecular weight excluding hydrogens is 512 g/mol. The van der Waals surface area contributed by atoms with Gasteiger partial charge in [0.25, 0.3) is 0 Å². The van der Waals surface area contributed by atoms with Crippen molar-refractivity contribution in [2.24, 2.45) is 0 Å². The third-order valence-electron chi connectivity index (χ3n) is 7.58. The van der Waals surface area contributed by atoms with Crippen LogP contribution in [0, 0.1) is 0 Å². The number of aromatic nitrogens is 3. The Morgan fingerprint density at radius 3 is 2.12 bits per heavy atom. The fraction of sp³-hybridized carbons (Fsp3) is 0.333. The molecule has 1 aliphatic rings. The zero-order valence-electron chi connectivity index (χ0n) is 22.5. The lowest BCUT2D eigenvalue weighted by atomic mass is 9.92. The minimum Gasteiger partial charge on any atom is -0.455 e. The summed E-state index contributed by atoms with van der Waals surface area (Å²) in [4.78, 5) is 30.9. The number of hydrogen-bond donors (Lipinski definition) is 2. The van der Waals surface area contributed by atoms with Crippen LogP contribution in [0.3, 0.4) is 0 Å². The molecule has 3 N–H and O–H groups in total. The van der Waals surface area contributed by atoms with Crippen LogP contribution in [0.15, 0.2) is 79.1 Å². The highest BCUT2D eigenvalue weighted by Gasteiger charge is 2.59. The molecule has 40 heavy (non-hydrogen) atoms. The van der Waals surface area contributed by atoms with E-state index in [2.05, 4.69) is 10.1 Å². The Balaban J connectivity index is 1.53. The van der Waals surface area contributed by atoms with Gasteiger partial charge >= 0.3 is 11.9 Å². The fourth-order valence-electron chi connectivity index (χ4n) is 5.17. The summed E-state index contributed by atoms with van der Waals surface area (Å²) in [5.74, 6) is -2.02. The summed E-state index contributed by atoms with van der Waals surface area (Å²) in [7, 11) is 0. The molecule has 1 aliphatic heterocycles. The van der Waals surface area contributed by atoms with Crippen LogP contribution in [0.4, 0.5) is 5.82 Å². The normalized spacial score (nSPS) is 23.9. The van der Waals surface area contributed by atoms with Crippen LogP contribution < -0.4 is 5.73 Å². The van der Waals surface area contributed by atoms with E-state index in [0.717, 1.165) is 11.1 Å². The first-order valence-electron chi connectivity index (χ1n) is 13.1. The molecule has 208 valence electrons. The smallest absolute Gasteiger partial charge is 0.313 e. The number of nitrogen functional groups attached to an aromatic ring is 1. The first-order chi connectivity index (χ1) is 19.2. The Hall–Kier alpha value is -4.28. The molecule has 4 aromatic rings. The van der Waals surface area contributed by atoms with Crippen LogP contribution in [0.2, 0.25) is 0 Å². The summed E-state index contributed by atoms with van der Waals surface area (Å²) in [5, 5.41) is 14.6. The summed E-state index contributed by atoms with van der Waals surface area (Å²) in [6, 6.07) is 21.9. The number of carbonyl (C=O) groups excluding carboxylic acids is 2. The molecule has 1 fully saturated rings. The number of benzene rings is 2. The van der Waals surface area contributed by atoms with Crippen LogP contribution in [-0.4, -0.2) is 56.6 Å². The molecule has 0 spiro atoms. The van der Waals surface area contributed by atoms with Crippen molar-refractivity contribution < 1.29 is 28.9 Å². The second-order valence-electron chi connectivity index (χ2n) is 10.1. The van der Waals surface area contributed by atoms with E-state index in [4.69, 9.17) is 19.9 Å². The van der Waals surface area contributed by atoms with Gasteiger partial charge in [-0.2, -0.15) is 5.10 Å². The van der Waals surface area contributed by atoms with Crippen molar-refractivity contribution in [3.8, 4) is 0 Å². The lowest BCUT2D eigenvalue weighted by molar-refractivity contribution is -0.172. The summed E-state index contributed by atoms with van der Waals surface area (Å²) in [5.41, 5.74) is 7.26. The molecule has 0 bridgehead atoms. The lowest BCUT2D eigenvalue weighted by Crippen LogP contribution is -2.46. The predicted octanol–water partition coefficient (Wildman–Crippen LogP) is 3.35. The number of hydrogen-bond acceptors (Lipinski definition) is 9. The Labute approximate surface area is 231 Å². The monoisotopic (exact) mass is 544 g/mol. The fourth-order valence-corrected chi connectivity index (χ4v) is 5.17. The van der Waals surface area contributed by atoms with Crippen molar-refractivity contribution in [3.63, 3.8) is 0 Å². The van der Waals surface area contributed by atoms with E-state index < -0.39 is 54.3 Å². The lowest BCUT2D eigenvalue weighted by Gasteiger charge is -2.32. The van der Waals surface area contributed by atoms with Gasteiger partial charge in [-0.1, -0.05) is 60.7 Å². The first kappa shape index (κ1) is 27.3. The summed E-state index contributed by atoms with van der Waals surface area (Å²) >= 11 is 0. The molecular formula is C30H32N4O6. The molecule has 0 radical (unpaired) electrons. The Bertz CT molecular complexity index is 1490. The molecule has 0 unspecified atom stereocenters. The number of esters is 2. The maximum Gasteiger partial charge on any atom is 0.313 e. The molecule has 2 aromatic heterocycles. The maximum absolute atomic E-state index is 13.5. The van der Waals surface area contributed by atoms with E-state index in [0.29, 0.717) is 11.2 Å². The van der Waals surface area contributed by atoms with Crippen molar-refractivity contribution in [2.45, 2.75) is 56.5 Å². The molecule has 0 aliphatic carbocycles. The Morgan fingerprint density at radius 2 is 1.55 bits per heavy atom. The van der Waals surface area contributed by atoms with Gasteiger partial charge < -0.3 is 25.1 Å². The minimum atomic E-state index is -1.37. The summed E-state index contributed by atoms with van der Waals surface area (Å²) in [6.07, 6.45) is -1.90. The average molecular weight is 545 g/mol. The zero-order valence-corrected chi connectivity index (χ0v) is 22.5. The summed E-state index contributed by atoms with van der Waals surface area (Å²) in [6.45, 7) is 4.72. The second kappa shape index (κ2) is 11.1. The number of anilines is 1. The minimum absolute atomic E-state index is 0.257. The van der Waals surface area contributed by atoms with E-state index in [9.17, 15) is 14.7 Å². The topological polar surface area (TPSA) is 138 Å². The highest BCUT2D eigenvalue weighted by molar-refractivity contribution is 5.79. The van der Waals surface area contributed by atoms with Gasteiger partial charge in [0.2, 0.25) is 0 Å². The van der Waals surface area contributed by atoms with Crippen molar-refractivity contribution in [1.82, 2.24) is 14.6 Å². The maximum atomic E-state index is 13.5. The quantitative estimate of drug-likeness (QED) is 0.320. The number of nitrogens with zero attached hydrogens (tertiary/aromatic N) is 3. The number of carbonyl (C=O) groups is 2. The number of nitrogens with two attached hydrogens (primary N) is 1. The third kappa shape index (κ3) is 4.91. The zero-order chi connectivity index (χ0) is 28.4. The standard InChI is InChI=1S/C30H32N4O6/c1-18(20-10-6-4-7-11-20)28(36)38-25-23(16-35)40-30(3,24-15-14-22-27(31)32-17-33-34(22)24)26(25)39-29(37)19(2)21-12-8-5-9-13-21/h4-15,17-19,23,25-26,35H,16H2,1-3H3,(H2,31,32,33)/t18-,19-,23+,25+,26+,30-/m0/s1. The number of fused-ring (bicyclic) bond motifs is 1. The van der Waals surface area contributed by atoms with Gasteiger partial charge in [0.15, 0.2) is 18.0 Å². The molecule has 0 saturated carbocycles. The van der Waals surface area contributed by atoms with E-state index in [1.807, 2.05) is 60.7 Å². The number of aliphatic hydroxyl groups is 1. The molecule has 10 heteroatoms. The van der Waals surface area contributed by atoms with E-state index in [1.165, 1.54) is 6.33 Å². The Kier molecular flexibility index (Phi) is 7.55. The van der Waals surface area contributed by atoms with E-state index in [-0.39, 0.29) is 5.82 Å². The van der Waals surface area contributed by atoms with Gasteiger partial charge in [-0.05, 0) is 44.0 Å². The predicted molar refractivity (Wildman–Crippen MR) is 146 cm³/mol. The van der Waals surface area contributed by atoms with Gasteiger partial charge in [-0.25, -0.2) is 9.50 Å². The van der Waals surface area contributed by atoms with Crippen LogP contribution >= 0.6 is 0 Å². The van der Waals surface area contributed by atoms with Gasteiger partial charge in [-0.15, -0.1) is 0 Å². The van der Waals surface area contributed by atoms with E-state index >= 15 is 0 Å². The molecule has 6 atom stereocenters. The first-order valence-corrected chi connectivity index (χ1v) is 13.1. The van der Waals surface area contributed by atoms with Crippen LogP contribution in [0.1, 0.15) is 49.4 Å². The number of aliphatic hydroxyl groups excluding tert-OH is 1. The third-order valence-corrected chi connectivity index (χ3v) is 7.58. The molecule has 10 nitrogen and oxygen atoms in total. The Morgan fingerprint density at radius 1 is 0.975 bits per heavy atom. The van der Waals surface area contributed by atoms with Crippen LogP contribution in [0.25, 0.3) is 5.52 Å². The molecule has 5 rings (SSSR count). The second-order valence-corrected chi connectivity index (χ2v) is 10.1. The average Bonchev–Trinajstić information content (AvgIpc) is 3.54. The van der Waals surface area contributed by atoms with Crippen molar-refractivity contribution in [2.75, 3.05) is 12.3 Å². The highest BCUT2D eigenvalue weighted by atomic mass is 16.6. The SMILES string of the molecule is C[C@H](C(=O)O[C@H]1[C@@H](OC(=O)[C@@H](C)c2ccccc2)[C@](C)(c2ccc3c(N)ncnn23)O[C@@H]1CO)c1ccccc1. The van der Waals surface area contributed by atoms with Crippen LogP contribution in [0.5, 0.6) is 0 Å². The highest BCUT2D eigenvalue weighted by Crippen LogP contribution is 2.44. The largest absolute Gasteiger partial charge is 0.455 e. The molecule has 3 heterocycles. The number of rotatable bonds is 8. The molecule has 0 amide bonds. The molecule has 1 saturated heterocycles. The van der Waals surface area contributed by atoms with Gasteiger partial charge in [0.05, 0.1) is 24.1 Å². The van der Waals surface area contributed by atoms with Gasteiger partial charge in [0.1, 0.15) is 23.5 Å². The van der Waals surface area contributed by atoms with Crippen molar-refractivity contribution >= 4 is 23.3 Å². The number of ether oxygens (including phenoxy) is 3. The molecule has 2 aromatic carbocycles. The van der Waals surface area contributed by atoms with E-state index in [1.54, 1.807) is 37.4 Å². The van der Waals surface area contributed by atoms with Gasteiger partial charge in [-0.3, -0.25) is 9.59 Å². The van der Waals surface area contributed by atoms with Crippen LogP contribution in [-0.2, 0) is 29.4 Å². The van der Waals surface area contributed by atoms with Crippen molar-refractivity contribution in [3.05, 3.63) is 95.9 Å².